The Morgan fingerprint density at radius 2 is 1.38 bits per heavy atom. The predicted molar refractivity (Wildman–Crippen MR) is 140 cm³/mol. The van der Waals surface area contributed by atoms with Crippen LogP contribution in [0.25, 0.3) is 6.08 Å². The monoisotopic (exact) mass is 471 g/mol. The summed E-state index contributed by atoms with van der Waals surface area (Å²) >= 11 is 5.66. The predicted octanol–water partition coefficient (Wildman–Crippen LogP) is 4.90. The van der Waals surface area contributed by atoms with Gasteiger partial charge in [-0.15, -0.1) is 0 Å². The molecule has 1 aliphatic rings. The van der Waals surface area contributed by atoms with Gasteiger partial charge in [-0.25, -0.2) is 0 Å². The van der Waals surface area contributed by atoms with Crippen molar-refractivity contribution < 1.29 is 14.3 Å². The van der Waals surface area contributed by atoms with Crippen LogP contribution in [0.3, 0.4) is 0 Å². The molecule has 7 heteroatoms. The number of carbonyl (C=O) groups is 2. The van der Waals surface area contributed by atoms with Gasteiger partial charge in [-0.3, -0.25) is 19.4 Å². The summed E-state index contributed by atoms with van der Waals surface area (Å²) in [7, 11) is 3.91. The molecule has 0 radical (unpaired) electrons. The average molecular weight is 472 g/mol. The molecule has 3 aromatic carbocycles. The van der Waals surface area contributed by atoms with Crippen LogP contribution >= 0.6 is 12.2 Å². The van der Waals surface area contributed by atoms with Gasteiger partial charge in [0, 0.05) is 19.8 Å². The number of ether oxygens (including phenoxy) is 1. The van der Waals surface area contributed by atoms with E-state index in [9.17, 15) is 9.59 Å². The maximum absolute atomic E-state index is 13.6. The second-order valence-corrected chi connectivity index (χ2v) is 8.24. The third kappa shape index (κ3) is 4.56. The Balaban J connectivity index is 1.79. The molecule has 1 aliphatic heterocycles. The van der Waals surface area contributed by atoms with Crippen LogP contribution in [-0.2, 0) is 9.59 Å². The summed E-state index contributed by atoms with van der Waals surface area (Å²) in [5.41, 5.74) is 2.95. The Morgan fingerprint density at radius 3 is 1.91 bits per heavy atom. The van der Waals surface area contributed by atoms with E-state index in [-0.39, 0.29) is 10.7 Å². The number of anilines is 3. The van der Waals surface area contributed by atoms with Crippen molar-refractivity contribution in [1.82, 2.24) is 0 Å². The molecular weight excluding hydrogens is 446 g/mol. The van der Waals surface area contributed by atoms with E-state index in [0.717, 1.165) is 11.3 Å². The summed E-state index contributed by atoms with van der Waals surface area (Å²) in [4.78, 5) is 31.9. The molecule has 0 atom stereocenters. The number of nitrogens with zero attached hydrogens (tertiary/aromatic N) is 3. The van der Waals surface area contributed by atoms with E-state index in [1.54, 1.807) is 42.5 Å². The van der Waals surface area contributed by atoms with Crippen LogP contribution < -0.4 is 19.4 Å². The highest BCUT2D eigenvalue weighted by Crippen LogP contribution is 2.31. The number of hydrogen-bond donors (Lipinski definition) is 0. The smallest absolute Gasteiger partial charge is 0.270 e. The topological polar surface area (TPSA) is 53.1 Å². The Morgan fingerprint density at radius 1 is 0.824 bits per heavy atom. The van der Waals surface area contributed by atoms with E-state index in [1.807, 2.05) is 68.4 Å². The third-order valence-electron chi connectivity index (χ3n) is 5.39. The van der Waals surface area contributed by atoms with Crippen LogP contribution in [-0.4, -0.2) is 37.6 Å². The van der Waals surface area contributed by atoms with Gasteiger partial charge < -0.3 is 9.64 Å². The fourth-order valence-electron chi connectivity index (χ4n) is 3.66. The molecule has 172 valence electrons. The fraction of sp³-hybridized carbons (Fsp3) is 0.148. The zero-order chi connectivity index (χ0) is 24.2. The molecule has 6 nitrogen and oxygen atoms in total. The highest BCUT2D eigenvalue weighted by molar-refractivity contribution is 7.81. The molecule has 0 saturated carbocycles. The van der Waals surface area contributed by atoms with Gasteiger partial charge in [0.25, 0.3) is 11.8 Å². The van der Waals surface area contributed by atoms with E-state index < -0.39 is 11.8 Å². The lowest BCUT2D eigenvalue weighted by Gasteiger charge is -2.36. The van der Waals surface area contributed by atoms with Crippen LogP contribution in [0.4, 0.5) is 17.1 Å². The molecule has 0 spiro atoms. The number of para-hydroxylation sites is 1. The molecule has 0 bridgehead atoms. The molecule has 4 rings (SSSR count). The maximum atomic E-state index is 13.6. The quantitative estimate of drug-likeness (QED) is 0.291. The number of thiocarbonyl (C=S) groups is 1. The van der Waals surface area contributed by atoms with E-state index in [0.29, 0.717) is 23.7 Å². The largest absolute Gasteiger partial charge is 0.494 e. The molecule has 0 unspecified atom stereocenters. The van der Waals surface area contributed by atoms with Gasteiger partial charge in [0.1, 0.15) is 11.3 Å². The van der Waals surface area contributed by atoms with E-state index >= 15 is 0 Å². The number of rotatable bonds is 6. The Labute approximate surface area is 204 Å². The van der Waals surface area contributed by atoms with E-state index in [1.165, 1.54) is 9.80 Å². The molecular formula is C27H25N3O3S. The molecule has 1 fully saturated rings. The van der Waals surface area contributed by atoms with Crippen molar-refractivity contribution in [3.63, 3.8) is 0 Å². The van der Waals surface area contributed by atoms with Crippen molar-refractivity contribution in [1.29, 1.82) is 0 Å². The van der Waals surface area contributed by atoms with Crippen LogP contribution in [0.1, 0.15) is 12.5 Å². The van der Waals surface area contributed by atoms with Crippen molar-refractivity contribution in [3.05, 3.63) is 90.0 Å². The second-order valence-electron chi connectivity index (χ2n) is 7.87. The molecule has 0 aromatic heterocycles. The number of amides is 2. The molecule has 3 aromatic rings. The summed E-state index contributed by atoms with van der Waals surface area (Å²) < 4.78 is 5.52. The van der Waals surface area contributed by atoms with E-state index in [4.69, 9.17) is 17.0 Å². The number of hydrogen-bond acceptors (Lipinski definition) is 5. The summed E-state index contributed by atoms with van der Waals surface area (Å²) in [6, 6.07) is 23.8. The Kier molecular flexibility index (Phi) is 6.75. The molecule has 2 amide bonds. The number of carbonyl (C=O) groups excluding carboxylic acids is 2. The first-order chi connectivity index (χ1) is 16.4. The van der Waals surface area contributed by atoms with Crippen molar-refractivity contribution in [2.75, 3.05) is 35.4 Å². The van der Waals surface area contributed by atoms with Gasteiger partial charge in [-0.2, -0.15) is 0 Å². The normalized spacial score (nSPS) is 15.1. The van der Waals surface area contributed by atoms with Gasteiger partial charge in [0.2, 0.25) is 0 Å². The summed E-state index contributed by atoms with van der Waals surface area (Å²) in [5.74, 6) is -0.238. The molecule has 0 N–H and O–H groups in total. The lowest BCUT2D eigenvalue weighted by molar-refractivity contribution is -0.120. The first-order valence-electron chi connectivity index (χ1n) is 10.9. The maximum Gasteiger partial charge on any atom is 0.270 e. The van der Waals surface area contributed by atoms with Crippen molar-refractivity contribution in [2.45, 2.75) is 6.92 Å². The first-order valence-corrected chi connectivity index (χ1v) is 11.3. The SMILES string of the molecule is CCOc1ccc(N2C(=O)C(=Cc3ccc(N(C)C)cc3)C(=O)N(c3ccccc3)C2=S)cc1. The van der Waals surface area contributed by atoms with Gasteiger partial charge in [-0.1, -0.05) is 30.3 Å². The van der Waals surface area contributed by atoms with Crippen LogP contribution in [0.15, 0.2) is 84.4 Å². The first kappa shape index (κ1) is 23.2. The minimum Gasteiger partial charge on any atom is -0.494 e. The molecule has 1 saturated heterocycles. The molecule has 0 aliphatic carbocycles. The highest BCUT2D eigenvalue weighted by Gasteiger charge is 2.41. The average Bonchev–Trinajstić information content (AvgIpc) is 2.84. The van der Waals surface area contributed by atoms with Gasteiger partial charge in [0.05, 0.1) is 18.0 Å². The molecule has 1 heterocycles. The van der Waals surface area contributed by atoms with Crippen molar-refractivity contribution in [2.24, 2.45) is 0 Å². The second kappa shape index (κ2) is 9.89. The van der Waals surface area contributed by atoms with Gasteiger partial charge in [0.15, 0.2) is 5.11 Å². The van der Waals surface area contributed by atoms with Crippen molar-refractivity contribution in [3.8, 4) is 5.75 Å². The standard InChI is InChI=1S/C27H25N3O3S/c1-4-33-23-16-14-22(15-17-23)30-26(32)24(18-19-10-12-20(13-11-19)28(2)3)25(31)29(27(30)34)21-8-6-5-7-9-21/h5-18H,4H2,1-3H3. The Bertz CT molecular complexity index is 1240. The fourth-order valence-corrected chi connectivity index (χ4v) is 4.03. The van der Waals surface area contributed by atoms with Gasteiger partial charge in [-0.05, 0) is 79.3 Å². The van der Waals surface area contributed by atoms with Gasteiger partial charge >= 0.3 is 0 Å². The Hall–Kier alpha value is -3.97. The third-order valence-corrected chi connectivity index (χ3v) is 5.76. The minimum absolute atomic E-state index is 0.0314. The zero-order valence-corrected chi connectivity index (χ0v) is 20.1. The summed E-state index contributed by atoms with van der Waals surface area (Å²) in [6.07, 6.45) is 1.61. The van der Waals surface area contributed by atoms with E-state index in [2.05, 4.69) is 0 Å². The van der Waals surface area contributed by atoms with Crippen LogP contribution in [0, 0.1) is 0 Å². The zero-order valence-electron chi connectivity index (χ0n) is 19.3. The summed E-state index contributed by atoms with van der Waals surface area (Å²) in [5, 5.41) is 0.102. The van der Waals surface area contributed by atoms with Crippen molar-refractivity contribution >= 4 is 52.3 Å². The summed E-state index contributed by atoms with van der Waals surface area (Å²) in [6.45, 7) is 2.44. The highest BCUT2D eigenvalue weighted by atomic mass is 32.1. The minimum atomic E-state index is -0.469. The number of benzene rings is 3. The lowest BCUT2D eigenvalue weighted by atomic mass is 10.0. The van der Waals surface area contributed by atoms with Crippen LogP contribution in [0.5, 0.6) is 5.75 Å². The van der Waals surface area contributed by atoms with Crippen LogP contribution in [0.2, 0.25) is 0 Å². The molecule has 34 heavy (non-hydrogen) atoms. The lowest BCUT2D eigenvalue weighted by Crippen LogP contribution is -2.56.